The quantitative estimate of drug-likeness (QED) is 0.784. The summed E-state index contributed by atoms with van der Waals surface area (Å²) in [6.07, 6.45) is 2.00. The molecule has 1 fully saturated rings. The van der Waals surface area contributed by atoms with Crippen LogP contribution in [0.5, 0.6) is 0 Å². The number of hydrogen-bond acceptors (Lipinski definition) is 2. The maximum atomic E-state index is 11.3. The van der Waals surface area contributed by atoms with Gasteiger partial charge >= 0.3 is 5.97 Å². The number of aromatic amines is 1. The first-order valence-electron chi connectivity index (χ1n) is 4.25. The van der Waals surface area contributed by atoms with Gasteiger partial charge in [0.25, 0.3) is 5.56 Å². The number of halogens is 1. The van der Waals surface area contributed by atoms with E-state index in [2.05, 4.69) is 4.98 Å². The normalized spacial score (nSPS) is 15.5. The van der Waals surface area contributed by atoms with Crippen LogP contribution in [0.3, 0.4) is 0 Å². The van der Waals surface area contributed by atoms with Crippen LogP contribution in [0, 0.1) is 0 Å². The molecule has 0 bridgehead atoms. The molecular formula is C9H8ClNO3. The number of carboxylic acids is 1. The van der Waals surface area contributed by atoms with Crippen LogP contribution in [0.2, 0.25) is 5.02 Å². The Bertz CT molecular complexity index is 448. The van der Waals surface area contributed by atoms with Crippen molar-refractivity contribution < 1.29 is 9.90 Å². The van der Waals surface area contributed by atoms with Gasteiger partial charge in [-0.15, -0.1) is 0 Å². The highest BCUT2D eigenvalue weighted by Crippen LogP contribution is 2.41. The summed E-state index contributed by atoms with van der Waals surface area (Å²) in [6, 6.07) is 1.22. The van der Waals surface area contributed by atoms with E-state index < -0.39 is 11.5 Å². The zero-order valence-electron chi connectivity index (χ0n) is 7.21. The number of nitrogens with one attached hydrogen (secondary N) is 1. The fourth-order valence-corrected chi connectivity index (χ4v) is 1.66. The van der Waals surface area contributed by atoms with E-state index in [4.69, 9.17) is 16.7 Å². The van der Waals surface area contributed by atoms with Crippen molar-refractivity contribution in [2.45, 2.75) is 18.8 Å². The summed E-state index contributed by atoms with van der Waals surface area (Å²) in [7, 11) is 0. The SMILES string of the molecule is O=C(O)c1cc(Cl)c(C2CC2)[nH]c1=O. The molecule has 0 saturated heterocycles. The summed E-state index contributed by atoms with van der Waals surface area (Å²) >= 11 is 5.85. The largest absolute Gasteiger partial charge is 0.477 e. The fraction of sp³-hybridized carbons (Fsp3) is 0.333. The van der Waals surface area contributed by atoms with Crippen molar-refractivity contribution in [3.63, 3.8) is 0 Å². The fourth-order valence-electron chi connectivity index (χ4n) is 1.35. The predicted octanol–water partition coefficient (Wildman–Crippen LogP) is 1.60. The monoisotopic (exact) mass is 213 g/mol. The van der Waals surface area contributed by atoms with E-state index >= 15 is 0 Å². The maximum Gasteiger partial charge on any atom is 0.341 e. The van der Waals surface area contributed by atoms with Crippen LogP contribution in [0.1, 0.15) is 34.8 Å². The molecule has 0 spiro atoms. The standard InChI is InChI=1S/C9H8ClNO3/c10-6-3-5(9(13)14)8(12)11-7(6)4-1-2-4/h3-4H,1-2H2,(H,11,12)(H,13,14). The first kappa shape index (κ1) is 9.27. The zero-order valence-corrected chi connectivity index (χ0v) is 7.97. The number of rotatable bonds is 2. The van der Waals surface area contributed by atoms with Crippen molar-refractivity contribution in [2.75, 3.05) is 0 Å². The molecule has 0 amide bonds. The number of hydrogen-bond donors (Lipinski definition) is 2. The molecule has 2 rings (SSSR count). The number of carboxylic acid groups (broad SMARTS) is 1. The first-order valence-corrected chi connectivity index (χ1v) is 4.63. The topological polar surface area (TPSA) is 70.2 Å². The Kier molecular flexibility index (Phi) is 2.07. The van der Waals surface area contributed by atoms with Gasteiger partial charge in [-0.25, -0.2) is 4.79 Å². The third kappa shape index (κ3) is 1.53. The van der Waals surface area contributed by atoms with E-state index in [-0.39, 0.29) is 5.56 Å². The molecule has 1 aromatic heterocycles. The molecule has 0 radical (unpaired) electrons. The molecule has 1 aliphatic carbocycles. The van der Waals surface area contributed by atoms with Crippen LogP contribution in [0.25, 0.3) is 0 Å². The number of aromatic nitrogens is 1. The summed E-state index contributed by atoms with van der Waals surface area (Å²) in [5, 5.41) is 8.99. The van der Waals surface area contributed by atoms with Crippen LogP contribution < -0.4 is 5.56 Å². The summed E-state index contributed by atoms with van der Waals surface area (Å²) in [4.78, 5) is 24.4. The minimum absolute atomic E-state index is 0.304. The van der Waals surface area contributed by atoms with Crippen molar-refractivity contribution in [3.8, 4) is 0 Å². The predicted molar refractivity (Wildman–Crippen MR) is 51.0 cm³/mol. The molecule has 1 aromatic rings. The van der Waals surface area contributed by atoms with Gasteiger partial charge in [0.1, 0.15) is 5.56 Å². The van der Waals surface area contributed by atoms with Gasteiger partial charge in [0, 0.05) is 11.6 Å². The Morgan fingerprint density at radius 1 is 1.57 bits per heavy atom. The molecule has 0 aliphatic heterocycles. The summed E-state index contributed by atoms with van der Waals surface area (Å²) in [5.74, 6) is -0.950. The second-order valence-electron chi connectivity index (χ2n) is 3.35. The highest BCUT2D eigenvalue weighted by atomic mass is 35.5. The van der Waals surface area contributed by atoms with Gasteiger partial charge in [-0.3, -0.25) is 4.79 Å². The molecule has 2 N–H and O–H groups in total. The first-order chi connectivity index (χ1) is 6.59. The Labute approximate surface area is 84.5 Å². The number of H-pyrrole nitrogens is 1. The highest BCUT2D eigenvalue weighted by Gasteiger charge is 2.27. The summed E-state index contributed by atoms with van der Waals surface area (Å²) in [5.41, 5.74) is -0.218. The van der Waals surface area contributed by atoms with Crippen LogP contribution in [0.15, 0.2) is 10.9 Å². The Balaban J connectivity index is 2.54. The van der Waals surface area contributed by atoms with E-state index in [0.717, 1.165) is 12.8 Å². The van der Waals surface area contributed by atoms with Crippen LogP contribution in [-0.2, 0) is 0 Å². The molecule has 5 heteroatoms. The highest BCUT2D eigenvalue weighted by molar-refractivity contribution is 6.31. The minimum atomic E-state index is -1.25. The lowest BCUT2D eigenvalue weighted by molar-refractivity contribution is 0.0695. The molecule has 74 valence electrons. The van der Waals surface area contributed by atoms with E-state index in [1.165, 1.54) is 6.07 Å². The van der Waals surface area contributed by atoms with E-state index in [1.54, 1.807) is 0 Å². The van der Waals surface area contributed by atoms with Gasteiger partial charge in [0.15, 0.2) is 0 Å². The molecule has 1 heterocycles. The van der Waals surface area contributed by atoms with Crippen LogP contribution in [0.4, 0.5) is 0 Å². The third-order valence-corrected chi connectivity index (χ3v) is 2.55. The molecular weight excluding hydrogens is 206 g/mol. The van der Waals surface area contributed by atoms with Crippen molar-refractivity contribution in [3.05, 3.63) is 32.7 Å². The zero-order chi connectivity index (χ0) is 10.3. The summed E-state index contributed by atoms with van der Waals surface area (Å²) < 4.78 is 0. The van der Waals surface area contributed by atoms with Crippen LogP contribution >= 0.6 is 11.6 Å². The number of pyridine rings is 1. The second kappa shape index (κ2) is 3.13. The third-order valence-electron chi connectivity index (χ3n) is 2.24. The van der Waals surface area contributed by atoms with Crippen LogP contribution in [-0.4, -0.2) is 16.1 Å². The lowest BCUT2D eigenvalue weighted by atomic mass is 10.2. The van der Waals surface area contributed by atoms with E-state index in [0.29, 0.717) is 16.6 Å². The summed E-state index contributed by atoms with van der Waals surface area (Å²) in [6.45, 7) is 0. The van der Waals surface area contributed by atoms with Crippen molar-refractivity contribution in [1.29, 1.82) is 0 Å². The Morgan fingerprint density at radius 3 is 2.71 bits per heavy atom. The number of aromatic carboxylic acids is 1. The van der Waals surface area contributed by atoms with Gasteiger partial charge in [-0.05, 0) is 18.9 Å². The smallest absolute Gasteiger partial charge is 0.341 e. The van der Waals surface area contributed by atoms with Gasteiger partial charge in [-0.2, -0.15) is 0 Å². The van der Waals surface area contributed by atoms with Gasteiger partial charge < -0.3 is 10.1 Å². The molecule has 0 aromatic carbocycles. The second-order valence-corrected chi connectivity index (χ2v) is 3.76. The van der Waals surface area contributed by atoms with Gasteiger partial charge in [-0.1, -0.05) is 11.6 Å². The molecule has 4 nitrogen and oxygen atoms in total. The van der Waals surface area contributed by atoms with Gasteiger partial charge in [0.2, 0.25) is 0 Å². The lowest BCUT2D eigenvalue weighted by Crippen LogP contribution is -2.18. The molecule has 1 aliphatic rings. The van der Waals surface area contributed by atoms with Crippen molar-refractivity contribution in [1.82, 2.24) is 4.98 Å². The van der Waals surface area contributed by atoms with E-state index in [9.17, 15) is 9.59 Å². The van der Waals surface area contributed by atoms with Gasteiger partial charge in [0.05, 0.1) is 5.02 Å². The Morgan fingerprint density at radius 2 is 2.21 bits per heavy atom. The molecule has 1 saturated carbocycles. The van der Waals surface area contributed by atoms with E-state index in [1.807, 2.05) is 0 Å². The van der Waals surface area contributed by atoms with Crippen molar-refractivity contribution >= 4 is 17.6 Å². The lowest BCUT2D eigenvalue weighted by Gasteiger charge is -2.02. The molecule has 14 heavy (non-hydrogen) atoms. The maximum absolute atomic E-state index is 11.3. The average molecular weight is 214 g/mol. The number of carbonyl (C=O) groups is 1. The Hall–Kier alpha value is -1.29. The van der Waals surface area contributed by atoms with Crippen molar-refractivity contribution in [2.24, 2.45) is 0 Å². The molecule has 0 atom stereocenters. The average Bonchev–Trinajstić information content (AvgIpc) is 2.91. The minimum Gasteiger partial charge on any atom is -0.477 e. The molecule has 0 unspecified atom stereocenters.